The van der Waals surface area contributed by atoms with Gasteiger partial charge in [-0.2, -0.15) is 0 Å². The van der Waals surface area contributed by atoms with E-state index in [1.54, 1.807) is 11.8 Å². The van der Waals surface area contributed by atoms with Crippen LogP contribution < -0.4 is 11.1 Å². The zero-order chi connectivity index (χ0) is 9.73. The van der Waals surface area contributed by atoms with Gasteiger partial charge in [-0.3, -0.25) is 4.79 Å². The molecule has 0 heterocycles. The summed E-state index contributed by atoms with van der Waals surface area (Å²) < 4.78 is 0. The first kappa shape index (κ1) is 10.4. The van der Waals surface area contributed by atoms with Crippen molar-refractivity contribution in [2.24, 2.45) is 5.73 Å². The molecule has 4 heteroatoms. The van der Waals surface area contributed by atoms with Crippen molar-refractivity contribution >= 4 is 17.7 Å². The first-order valence-corrected chi connectivity index (χ1v) is 5.43. The third-order valence-corrected chi connectivity index (χ3v) is 2.82. The lowest BCUT2D eigenvalue weighted by molar-refractivity contribution is -0.123. The summed E-state index contributed by atoms with van der Waals surface area (Å²) >= 11 is 1.63. The van der Waals surface area contributed by atoms with Gasteiger partial charge in [0.15, 0.2) is 0 Å². The average Bonchev–Trinajstić information content (AvgIpc) is 2.84. The molecular weight excluding hydrogens is 184 g/mol. The minimum Gasteiger partial charge on any atom is -0.354 e. The normalized spacial score (nSPS) is 17.5. The van der Waals surface area contributed by atoms with Gasteiger partial charge >= 0.3 is 0 Å². The van der Waals surface area contributed by atoms with Gasteiger partial charge in [-0.25, -0.2) is 0 Å². The number of nitrogens with one attached hydrogen (secondary N) is 1. The van der Waals surface area contributed by atoms with Crippen LogP contribution >= 0.6 is 11.8 Å². The largest absolute Gasteiger partial charge is 0.354 e. The van der Waals surface area contributed by atoms with Crippen LogP contribution in [-0.2, 0) is 4.79 Å². The molecule has 1 aliphatic carbocycles. The van der Waals surface area contributed by atoms with E-state index in [9.17, 15) is 4.79 Å². The summed E-state index contributed by atoms with van der Waals surface area (Å²) in [6.07, 6.45) is 6.70. The monoisotopic (exact) mass is 198 g/mol. The number of amides is 1. The third kappa shape index (κ3) is 3.29. The Hall–Kier alpha value is -0.660. The highest BCUT2D eigenvalue weighted by Crippen LogP contribution is 2.31. The molecule has 1 saturated carbocycles. The van der Waals surface area contributed by atoms with Crippen LogP contribution in [0.2, 0.25) is 0 Å². The Morgan fingerprint density at radius 2 is 2.38 bits per heavy atom. The van der Waals surface area contributed by atoms with Gasteiger partial charge in [-0.05, 0) is 12.8 Å². The van der Waals surface area contributed by atoms with Crippen molar-refractivity contribution < 1.29 is 4.79 Å². The fraction of sp³-hybridized carbons (Fsp3) is 0.667. The molecule has 1 rings (SSSR count). The highest BCUT2D eigenvalue weighted by molar-refractivity contribution is 7.99. The molecule has 13 heavy (non-hydrogen) atoms. The SMILES string of the molecule is C#CCSCCNC(=O)C1(N)CC1. The van der Waals surface area contributed by atoms with Crippen LogP contribution in [0.25, 0.3) is 0 Å². The van der Waals surface area contributed by atoms with E-state index in [1.807, 2.05) is 0 Å². The van der Waals surface area contributed by atoms with Crippen molar-refractivity contribution in [3.05, 3.63) is 0 Å². The summed E-state index contributed by atoms with van der Waals surface area (Å²) in [5.74, 6) is 4.06. The number of rotatable bonds is 5. The number of terminal acetylenes is 1. The first-order valence-electron chi connectivity index (χ1n) is 4.27. The molecule has 0 radical (unpaired) electrons. The van der Waals surface area contributed by atoms with Gasteiger partial charge in [0.05, 0.1) is 11.3 Å². The van der Waals surface area contributed by atoms with E-state index in [1.165, 1.54) is 0 Å². The molecule has 0 aromatic heterocycles. The smallest absolute Gasteiger partial charge is 0.240 e. The van der Waals surface area contributed by atoms with Crippen LogP contribution in [0.15, 0.2) is 0 Å². The molecule has 1 fully saturated rings. The molecule has 0 spiro atoms. The molecule has 3 nitrogen and oxygen atoms in total. The van der Waals surface area contributed by atoms with Gasteiger partial charge in [-0.15, -0.1) is 18.2 Å². The molecule has 1 amide bonds. The van der Waals surface area contributed by atoms with Crippen LogP contribution in [0.5, 0.6) is 0 Å². The predicted molar refractivity (Wildman–Crippen MR) is 55.3 cm³/mol. The maximum absolute atomic E-state index is 11.3. The molecule has 0 unspecified atom stereocenters. The number of nitrogens with two attached hydrogens (primary N) is 1. The molecule has 1 aliphatic rings. The van der Waals surface area contributed by atoms with E-state index in [-0.39, 0.29) is 5.91 Å². The van der Waals surface area contributed by atoms with Crippen LogP contribution in [0, 0.1) is 12.3 Å². The predicted octanol–water partition coefficient (Wildman–Crippen LogP) is -0.0397. The van der Waals surface area contributed by atoms with Crippen LogP contribution in [-0.4, -0.2) is 29.5 Å². The molecule has 0 saturated heterocycles. The molecule has 0 atom stereocenters. The summed E-state index contributed by atoms with van der Waals surface area (Å²) in [4.78, 5) is 11.3. The fourth-order valence-corrected chi connectivity index (χ4v) is 1.41. The molecule has 0 aromatic carbocycles. The van der Waals surface area contributed by atoms with Crippen LogP contribution in [0.1, 0.15) is 12.8 Å². The highest BCUT2D eigenvalue weighted by atomic mass is 32.2. The summed E-state index contributed by atoms with van der Waals surface area (Å²) in [6.45, 7) is 0.657. The van der Waals surface area contributed by atoms with E-state index in [4.69, 9.17) is 12.2 Å². The van der Waals surface area contributed by atoms with Crippen molar-refractivity contribution in [1.29, 1.82) is 0 Å². The van der Waals surface area contributed by atoms with E-state index < -0.39 is 5.54 Å². The third-order valence-electron chi connectivity index (χ3n) is 1.96. The second-order valence-corrected chi connectivity index (χ2v) is 4.27. The summed E-state index contributed by atoms with van der Waals surface area (Å²) in [5, 5.41) is 2.79. The van der Waals surface area contributed by atoms with Crippen molar-refractivity contribution in [1.82, 2.24) is 5.32 Å². The lowest BCUT2D eigenvalue weighted by atomic mass is 10.3. The minimum atomic E-state index is -0.545. The maximum Gasteiger partial charge on any atom is 0.240 e. The quantitative estimate of drug-likeness (QED) is 0.481. The summed E-state index contributed by atoms with van der Waals surface area (Å²) in [6, 6.07) is 0. The van der Waals surface area contributed by atoms with Gasteiger partial charge in [0.25, 0.3) is 0 Å². The van der Waals surface area contributed by atoms with E-state index in [0.29, 0.717) is 12.3 Å². The standard InChI is InChI=1S/C9H14N2OS/c1-2-6-13-7-5-11-8(12)9(10)3-4-9/h1H,3-7,10H2,(H,11,12). The minimum absolute atomic E-state index is 0.0196. The second kappa shape index (κ2) is 4.54. The second-order valence-electron chi connectivity index (χ2n) is 3.17. The van der Waals surface area contributed by atoms with Crippen LogP contribution in [0.3, 0.4) is 0 Å². The number of thioether (sulfide) groups is 1. The molecule has 0 aliphatic heterocycles. The lowest BCUT2D eigenvalue weighted by Crippen LogP contribution is -2.43. The van der Waals surface area contributed by atoms with Crippen molar-refractivity contribution in [3.63, 3.8) is 0 Å². The maximum atomic E-state index is 11.3. The zero-order valence-corrected chi connectivity index (χ0v) is 8.32. The molecule has 0 aromatic rings. The molecular formula is C9H14N2OS. The number of hydrogen-bond acceptors (Lipinski definition) is 3. The average molecular weight is 198 g/mol. The Kier molecular flexibility index (Phi) is 3.64. The van der Waals surface area contributed by atoms with Gasteiger partial charge < -0.3 is 11.1 Å². The van der Waals surface area contributed by atoms with E-state index in [0.717, 1.165) is 18.6 Å². The van der Waals surface area contributed by atoms with Gasteiger partial charge in [-0.1, -0.05) is 5.92 Å². The molecule has 72 valence electrons. The Morgan fingerprint density at radius 3 is 2.92 bits per heavy atom. The Bertz CT molecular complexity index is 230. The number of carbonyl (C=O) groups is 1. The number of carbonyl (C=O) groups excluding carboxylic acids is 1. The fourth-order valence-electron chi connectivity index (χ4n) is 0.906. The highest BCUT2D eigenvalue weighted by Gasteiger charge is 2.45. The molecule has 0 bridgehead atoms. The Balaban J connectivity index is 2.00. The zero-order valence-electron chi connectivity index (χ0n) is 7.51. The number of hydrogen-bond donors (Lipinski definition) is 2. The van der Waals surface area contributed by atoms with Crippen LogP contribution in [0.4, 0.5) is 0 Å². The van der Waals surface area contributed by atoms with Gasteiger partial charge in [0.2, 0.25) is 5.91 Å². The molecule has 3 N–H and O–H groups in total. The Labute approximate surface area is 82.8 Å². The first-order chi connectivity index (χ1) is 6.19. The van der Waals surface area contributed by atoms with Gasteiger partial charge in [0.1, 0.15) is 0 Å². The lowest BCUT2D eigenvalue weighted by Gasteiger charge is -2.08. The Morgan fingerprint density at radius 1 is 1.69 bits per heavy atom. The van der Waals surface area contributed by atoms with E-state index in [2.05, 4.69) is 11.2 Å². The van der Waals surface area contributed by atoms with Crippen molar-refractivity contribution in [3.8, 4) is 12.3 Å². The summed E-state index contributed by atoms with van der Waals surface area (Å²) in [7, 11) is 0. The summed E-state index contributed by atoms with van der Waals surface area (Å²) in [5.41, 5.74) is 5.13. The van der Waals surface area contributed by atoms with Crippen molar-refractivity contribution in [2.45, 2.75) is 18.4 Å². The topological polar surface area (TPSA) is 55.1 Å². The van der Waals surface area contributed by atoms with Gasteiger partial charge in [0, 0.05) is 12.3 Å². The van der Waals surface area contributed by atoms with Crippen molar-refractivity contribution in [2.75, 3.05) is 18.1 Å². The van der Waals surface area contributed by atoms with E-state index >= 15 is 0 Å².